The third kappa shape index (κ3) is 2.84. The van der Waals surface area contributed by atoms with E-state index in [1.165, 1.54) is 11.3 Å². The Morgan fingerprint density at radius 2 is 2.08 bits per heavy atom. The highest BCUT2D eigenvalue weighted by molar-refractivity contribution is 9.10. The zero-order valence-electron chi connectivity index (χ0n) is 13.1. The average Bonchev–Trinajstić information content (AvgIpc) is 3.20. The highest BCUT2D eigenvalue weighted by Gasteiger charge is 2.28. The normalized spacial score (nSPS) is 16.0. The molecule has 1 aliphatic heterocycles. The molecule has 4 rings (SSSR count). The summed E-state index contributed by atoms with van der Waals surface area (Å²) in [5.74, 6) is 1.30. The molecule has 3 aromatic rings. The van der Waals surface area contributed by atoms with Crippen molar-refractivity contribution in [2.45, 2.75) is 25.7 Å². The van der Waals surface area contributed by atoms with Gasteiger partial charge in [-0.1, -0.05) is 0 Å². The van der Waals surface area contributed by atoms with Gasteiger partial charge < -0.3 is 4.90 Å². The highest BCUT2D eigenvalue weighted by atomic mass is 79.9. The van der Waals surface area contributed by atoms with Gasteiger partial charge in [-0.05, 0) is 53.9 Å². The largest absolute Gasteiger partial charge is 0.338 e. The minimum Gasteiger partial charge on any atom is -0.338 e. The van der Waals surface area contributed by atoms with Crippen molar-refractivity contribution in [3.63, 3.8) is 0 Å². The first-order valence-electron chi connectivity index (χ1n) is 7.84. The van der Waals surface area contributed by atoms with E-state index in [-0.39, 0.29) is 11.8 Å². The van der Waals surface area contributed by atoms with Gasteiger partial charge in [0.2, 0.25) is 0 Å². The number of likely N-dealkylation sites (tertiary alicyclic amines) is 1. The molecule has 1 saturated heterocycles. The van der Waals surface area contributed by atoms with Crippen LogP contribution in [0.5, 0.6) is 0 Å². The number of piperidine rings is 1. The molecule has 1 aliphatic rings. The molecule has 0 unspecified atom stereocenters. The van der Waals surface area contributed by atoms with Crippen molar-refractivity contribution < 1.29 is 4.79 Å². The zero-order chi connectivity index (χ0) is 16.7. The van der Waals surface area contributed by atoms with Crippen molar-refractivity contribution >= 4 is 38.8 Å². The Balaban J connectivity index is 1.49. The molecule has 0 aromatic carbocycles. The van der Waals surface area contributed by atoms with Crippen LogP contribution in [0.25, 0.3) is 5.65 Å². The molecule has 1 fully saturated rings. The van der Waals surface area contributed by atoms with Crippen molar-refractivity contribution in [1.82, 2.24) is 24.7 Å². The van der Waals surface area contributed by atoms with E-state index in [9.17, 15) is 4.79 Å². The minimum atomic E-state index is 0.115. The van der Waals surface area contributed by atoms with E-state index >= 15 is 0 Å². The summed E-state index contributed by atoms with van der Waals surface area (Å²) in [6, 6.07) is 5.76. The van der Waals surface area contributed by atoms with E-state index in [0.717, 1.165) is 52.4 Å². The Hall–Kier alpha value is -1.80. The molecule has 0 radical (unpaired) electrons. The van der Waals surface area contributed by atoms with Crippen molar-refractivity contribution in [3.05, 3.63) is 44.4 Å². The smallest absolute Gasteiger partial charge is 0.263 e. The lowest BCUT2D eigenvalue weighted by Gasteiger charge is -2.30. The lowest BCUT2D eigenvalue weighted by molar-refractivity contribution is 0.0715. The lowest BCUT2D eigenvalue weighted by Crippen LogP contribution is -2.38. The molecule has 0 atom stereocenters. The monoisotopic (exact) mass is 405 g/mol. The first kappa shape index (κ1) is 15.7. The summed E-state index contributed by atoms with van der Waals surface area (Å²) < 4.78 is 2.80. The van der Waals surface area contributed by atoms with Crippen molar-refractivity contribution in [2.75, 3.05) is 13.1 Å². The number of hydrogen-bond donors (Lipinski definition) is 0. The topological polar surface area (TPSA) is 63.4 Å². The Labute approximate surface area is 151 Å². The molecule has 3 aromatic heterocycles. The van der Waals surface area contributed by atoms with Gasteiger partial charge >= 0.3 is 0 Å². The molecule has 0 bridgehead atoms. The number of aryl methyl sites for hydroxylation is 1. The van der Waals surface area contributed by atoms with Crippen molar-refractivity contribution in [2.24, 2.45) is 0 Å². The third-order valence-electron chi connectivity index (χ3n) is 4.35. The number of halogens is 1. The molecular formula is C16H16BrN5OS. The number of thiophene rings is 1. The second-order valence-corrected chi connectivity index (χ2v) is 7.83. The van der Waals surface area contributed by atoms with Crippen molar-refractivity contribution in [3.8, 4) is 0 Å². The molecule has 1 amide bonds. The van der Waals surface area contributed by atoms with E-state index in [1.807, 2.05) is 39.9 Å². The molecule has 0 N–H and O–H groups in total. The second kappa shape index (κ2) is 6.25. The van der Waals surface area contributed by atoms with Crippen LogP contribution in [0.4, 0.5) is 0 Å². The van der Waals surface area contributed by atoms with Gasteiger partial charge in [0.25, 0.3) is 5.91 Å². The average molecular weight is 406 g/mol. The molecule has 0 aliphatic carbocycles. The molecule has 8 heteroatoms. The minimum absolute atomic E-state index is 0.115. The van der Waals surface area contributed by atoms with E-state index in [1.54, 1.807) is 0 Å². The maximum atomic E-state index is 12.5. The molecular weight excluding hydrogens is 390 g/mol. The number of aromatic nitrogens is 4. The fourth-order valence-corrected chi connectivity index (χ4v) is 4.47. The maximum absolute atomic E-state index is 12.5. The van der Waals surface area contributed by atoms with Gasteiger partial charge in [-0.25, -0.2) is 0 Å². The summed E-state index contributed by atoms with van der Waals surface area (Å²) in [4.78, 5) is 15.2. The van der Waals surface area contributed by atoms with Crippen LogP contribution in [0.15, 0.2) is 28.1 Å². The third-order valence-corrected chi connectivity index (χ3v) is 6.02. The maximum Gasteiger partial charge on any atom is 0.263 e. The van der Waals surface area contributed by atoms with Crippen LogP contribution < -0.4 is 0 Å². The molecule has 4 heterocycles. The molecule has 0 saturated carbocycles. The molecule has 24 heavy (non-hydrogen) atoms. The van der Waals surface area contributed by atoms with E-state index in [0.29, 0.717) is 0 Å². The van der Waals surface area contributed by atoms with E-state index in [2.05, 4.69) is 31.2 Å². The van der Waals surface area contributed by atoms with Gasteiger partial charge in [0.15, 0.2) is 11.5 Å². The van der Waals surface area contributed by atoms with E-state index in [4.69, 9.17) is 0 Å². The summed E-state index contributed by atoms with van der Waals surface area (Å²) in [5, 5.41) is 15.0. The quantitative estimate of drug-likeness (QED) is 0.655. The fourth-order valence-electron chi connectivity index (χ4n) is 3.07. The van der Waals surface area contributed by atoms with Crippen LogP contribution in [-0.2, 0) is 0 Å². The predicted octanol–water partition coefficient (Wildman–Crippen LogP) is 3.28. The number of carbonyl (C=O) groups is 1. The second-order valence-electron chi connectivity index (χ2n) is 6.00. The van der Waals surface area contributed by atoms with E-state index < -0.39 is 0 Å². The fraction of sp³-hybridized carbons (Fsp3) is 0.375. The van der Waals surface area contributed by atoms with Crippen molar-refractivity contribution in [1.29, 1.82) is 0 Å². The summed E-state index contributed by atoms with van der Waals surface area (Å²) >= 11 is 4.88. The number of fused-ring (bicyclic) bond motifs is 1. The van der Waals surface area contributed by atoms with Gasteiger partial charge in [0, 0.05) is 28.9 Å². The van der Waals surface area contributed by atoms with Gasteiger partial charge in [-0.3, -0.25) is 4.79 Å². The Morgan fingerprint density at radius 1 is 1.29 bits per heavy atom. The Morgan fingerprint density at radius 3 is 2.79 bits per heavy atom. The van der Waals surface area contributed by atoms with Gasteiger partial charge in [0.1, 0.15) is 0 Å². The summed E-state index contributed by atoms with van der Waals surface area (Å²) in [6.45, 7) is 3.43. The zero-order valence-corrected chi connectivity index (χ0v) is 15.5. The summed E-state index contributed by atoms with van der Waals surface area (Å²) in [6.07, 6.45) is 1.77. The van der Waals surface area contributed by atoms with Crippen LogP contribution >= 0.6 is 27.3 Å². The van der Waals surface area contributed by atoms with Gasteiger partial charge in [-0.15, -0.1) is 21.5 Å². The number of nitrogens with zero attached hydrogens (tertiary/aromatic N) is 5. The Bertz CT molecular complexity index is 897. The van der Waals surface area contributed by atoms with Gasteiger partial charge in [-0.2, -0.15) is 9.61 Å². The molecule has 6 nitrogen and oxygen atoms in total. The molecule has 0 spiro atoms. The van der Waals surface area contributed by atoms with Crippen LogP contribution in [0.3, 0.4) is 0 Å². The Kier molecular flexibility index (Phi) is 4.09. The first-order chi connectivity index (χ1) is 11.6. The number of rotatable bonds is 2. The summed E-state index contributed by atoms with van der Waals surface area (Å²) in [5.41, 5.74) is 1.72. The summed E-state index contributed by atoms with van der Waals surface area (Å²) in [7, 11) is 0. The van der Waals surface area contributed by atoms with Crippen LogP contribution in [0.2, 0.25) is 0 Å². The highest BCUT2D eigenvalue weighted by Crippen LogP contribution is 2.29. The molecule has 124 valence electrons. The number of hydrogen-bond acceptors (Lipinski definition) is 5. The van der Waals surface area contributed by atoms with Crippen LogP contribution in [0.1, 0.15) is 39.9 Å². The standard InChI is InChI=1S/C16H16BrN5OS/c1-10-2-3-14-18-19-15(22(14)20-10)11-4-6-21(7-5-11)16(23)13-8-12(17)9-24-13/h2-3,8-9,11H,4-7H2,1H3. The lowest BCUT2D eigenvalue weighted by atomic mass is 9.96. The van der Waals surface area contributed by atoms with Gasteiger partial charge in [0.05, 0.1) is 10.6 Å². The van der Waals surface area contributed by atoms with Crippen LogP contribution in [0, 0.1) is 6.92 Å². The number of carbonyl (C=O) groups excluding carboxylic acids is 1. The SMILES string of the molecule is Cc1ccc2nnc(C3CCN(C(=O)c4cc(Br)cs4)CC3)n2n1. The number of amides is 1. The van der Waals surface area contributed by atoms with Crippen LogP contribution in [-0.4, -0.2) is 43.7 Å². The predicted molar refractivity (Wildman–Crippen MR) is 95.4 cm³/mol. The first-order valence-corrected chi connectivity index (χ1v) is 9.51.